The SMILES string of the molecule is CC[C@@H](C(=O)NC(C)C)N(Cc1c(Cl)cccc1Cl)C(=O)CSCc1ccccc1F. The van der Waals surface area contributed by atoms with E-state index in [9.17, 15) is 14.0 Å². The first-order valence-electron chi connectivity index (χ1n) is 10.1. The van der Waals surface area contributed by atoms with Gasteiger partial charge in [-0.3, -0.25) is 9.59 Å². The summed E-state index contributed by atoms with van der Waals surface area (Å²) in [7, 11) is 0. The van der Waals surface area contributed by atoms with E-state index in [1.807, 2.05) is 20.8 Å². The van der Waals surface area contributed by atoms with E-state index in [4.69, 9.17) is 23.2 Å². The molecular weight excluding hydrogens is 458 g/mol. The second-order valence-electron chi connectivity index (χ2n) is 7.39. The predicted octanol–water partition coefficient (Wildman–Crippen LogP) is 5.70. The van der Waals surface area contributed by atoms with Crippen molar-refractivity contribution in [3.05, 3.63) is 69.5 Å². The Morgan fingerprint density at radius 1 is 1.10 bits per heavy atom. The van der Waals surface area contributed by atoms with Crippen molar-refractivity contribution >= 4 is 46.8 Å². The maximum Gasteiger partial charge on any atom is 0.243 e. The van der Waals surface area contributed by atoms with Gasteiger partial charge in [0.05, 0.1) is 5.75 Å². The molecule has 0 saturated heterocycles. The molecule has 2 amide bonds. The van der Waals surface area contributed by atoms with Gasteiger partial charge < -0.3 is 10.2 Å². The van der Waals surface area contributed by atoms with Crippen molar-refractivity contribution in [1.29, 1.82) is 0 Å². The van der Waals surface area contributed by atoms with Gasteiger partial charge in [0.2, 0.25) is 11.8 Å². The lowest BCUT2D eigenvalue weighted by Crippen LogP contribution is -2.51. The van der Waals surface area contributed by atoms with Crippen molar-refractivity contribution in [2.75, 3.05) is 5.75 Å². The van der Waals surface area contributed by atoms with Gasteiger partial charge in [0.15, 0.2) is 0 Å². The number of thioether (sulfide) groups is 1. The standard InChI is InChI=1S/C23H27Cl2FN2O2S/c1-4-21(23(30)27-15(2)3)28(12-17-18(24)9-7-10-19(17)25)22(29)14-31-13-16-8-5-6-11-20(16)26/h5-11,15,21H,4,12-14H2,1-3H3,(H,27,30)/t21-/m0/s1. The van der Waals surface area contributed by atoms with E-state index in [1.165, 1.54) is 22.7 Å². The molecule has 168 valence electrons. The van der Waals surface area contributed by atoms with Gasteiger partial charge in [0.25, 0.3) is 0 Å². The number of hydrogen-bond donors (Lipinski definition) is 1. The van der Waals surface area contributed by atoms with Crippen molar-refractivity contribution in [3.8, 4) is 0 Å². The minimum Gasteiger partial charge on any atom is -0.352 e. The molecule has 31 heavy (non-hydrogen) atoms. The van der Waals surface area contributed by atoms with Crippen LogP contribution in [0.2, 0.25) is 10.0 Å². The van der Waals surface area contributed by atoms with Gasteiger partial charge in [-0.2, -0.15) is 0 Å². The van der Waals surface area contributed by atoms with Crippen LogP contribution < -0.4 is 5.32 Å². The summed E-state index contributed by atoms with van der Waals surface area (Å²) in [6.45, 7) is 5.70. The summed E-state index contributed by atoms with van der Waals surface area (Å²) in [6.07, 6.45) is 0.435. The van der Waals surface area contributed by atoms with Crippen molar-refractivity contribution < 1.29 is 14.0 Å². The van der Waals surface area contributed by atoms with E-state index in [-0.39, 0.29) is 36.0 Å². The third-order valence-corrected chi connectivity index (χ3v) is 6.32. The molecule has 0 unspecified atom stereocenters. The first-order valence-corrected chi connectivity index (χ1v) is 12.0. The van der Waals surface area contributed by atoms with E-state index >= 15 is 0 Å². The summed E-state index contributed by atoms with van der Waals surface area (Å²) < 4.78 is 13.9. The molecular formula is C23H27Cl2FN2O2S. The first kappa shape index (κ1) is 25.5. The molecule has 8 heteroatoms. The largest absolute Gasteiger partial charge is 0.352 e. The van der Waals surface area contributed by atoms with Crippen LogP contribution in [-0.2, 0) is 21.9 Å². The topological polar surface area (TPSA) is 49.4 Å². The van der Waals surface area contributed by atoms with E-state index in [0.717, 1.165) is 0 Å². The van der Waals surface area contributed by atoms with Crippen molar-refractivity contribution in [1.82, 2.24) is 10.2 Å². The monoisotopic (exact) mass is 484 g/mol. The minimum absolute atomic E-state index is 0.0576. The molecule has 0 spiro atoms. The summed E-state index contributed by atoms with van der Waals surface area (Å²) >= 11 is 13.9. The Morgan fingerprint density at radius 3 is 2.32 bits per heavy atom. The molecule has 0 fully saturated rings. The first-order chi connectivity index (χ1) is 14.7. The second-order valence-corrected chi connectivity index (χ2v) is 9.19. The van der Waals surface area contributed by atoms with Crippen LogP contribution in [0.1, 0.15) is 38.3 Å². The fraction of sp³-hybridized carbons (Fsp3) is 0.391. The Morgan fingerprint density at radius 2 is 1.74 bits per heavy atom. The van der Waals surface area contributed by atoms with Crippen molar-refractivity contribution in [2.24, 2.45) is 0 Å². The third kappa shape index (κ3) is 7.41. The highest BCUT2D eigenvalue weighted by Crippen LogP contribution is 2.27. The van der Waals surface area contributed by atoms with Crippen molar-refractivity contribution in [2.45, 2.75) is 51.6 Å². The summed E-state index contributed by atoms with van der Waals surface area (Å²) in [5.74, 6) is -0.309. The number of halogens is 3. The molecule has 2 aromatic rings. The number of carbonyl (C=O) groups excluding carboxylic acids is 2. The fourth-order valence-corrected chi connectivity index (χ4v) is 4.51. The fourth-order valence-electron chi connectivity index (χ4n) is 3.10. The zero-order valence-electron chi connectivity index (χ0n) is 17.8. The molecule has 0 radical (unpaired) electrons. The zero-order chi connectivity index (χ0) is 23.0. The maximum absolute atomic E-state index is 13.9. The van der Waals surface area contributed by atoms with Gasteiger partial charge in [-0.15, -0.1) is 11.8 Å². The number of nitrogens with zero attached hydrogens (tertiary/aromatic N) is 1. The van der Waals surface area contributed by atoms with Gasteiger partial charge >= 0.3 is 0 Å². The van der Waals surface area contributed by atoms with Crippen LogP contribution in [0.5, 0.6) is 0 Å². The van der Waals surface area contributed by atoms with Crippen LogP contribution in [0.4, 0.5) is 4.39 Å². The van der Waals surface area contributed by atoms with Gasteiger partial charge in [-0.1, -0.05) is 54.4 Å². The number of hydrogen-bond acceptors (Lipinski definition) is 3. The average Bonchev–Trinajstić information content (AvgIpc) is 2.70. The summed E-state index contributed by atoms with van der Waals surface area (Å²) in [5.41, 5.74) is 1.12. The summed E-state index contributed by atoms with van der Waals surface area (Å²) in [6, 6.07) is 10.9. The lowest BCUT2D eigenvalue weighted by atomic mass is 10.1. The van der Waals surface area contributed by atoms with Crippen LogP contribution in [0.25, 0.3) is 0 Å². The zero-order valence-corrected chi connectivity index (χ0v) is 20.2. The van der Waals surface area contributed by atoms with Crippen LogP contribution in [0.3, 0.4) is 0 Å². The van der Waals surface area contributed by atoms with Crippen molar-refractivity contribution in [3.63, 3.8) is 0 Å². The Bertz CT molecular complexity index is 891. The lowest BCUT2D eigenvalue weighted by Gasteiger charge is -2.31. The molecule has 0 bridgehead atoms. The maximum atomic E-state index is 13.9. The quantitative estimate of drug-likeness (QED) is 0.470. The minimum atomic E-state index is -0.670. The summed E-state index contributed by atoms with van der Waals surface area (Å²) in [5, 5.41) is 3.75. The lowest BCUT2D eigenvalue weighted by molar-refractivity contribution is -0.139. The van der Waals surface area contributed by atoms with E-state index < -0.39 is 6.04 Å². The number of benzene rings is 2. The Kier molecular flexibility index (Phi) is 10.1. The highest BCUT2D eigenvalue weighted by atomic mass is 35.5. The average molecular weight is 485 g/mol. The highest BCUT2D eigenvalue weighted by Gasteiger charge is 2.30. The third-order valence-electron chi connectivity index (χ3n) is 4.65. The normalized spacial score (nSPS) is 12.0. The Balaban J connectivity index is 2.21. The molecule has 4 nitrogen and oxygen atoms in total. The number of rotatable bonds is 10. The number of carbonyl (C=O) groups is 2. The molecule has 1 atom stereocenters. The molecule has 0 aromatic heterocycles. The number of nitrogens with one attached hydrogen (secondary N) is 1. The van der Waals surface area contributed by atoms with Gasteiger partial charge in [0.1, 0.15) is 11.9 Å². The molecule has 0 aliphatic rings. The van der Waals surface area contributed by atoms with Gasteiger partial charge in [-0.25, -0.2) is 4.39 Å². The molecule has 0 aliphatic heterocycles. The molecule has 1 N–H and O–H groups in total. The predicted molar refractivity (Wildman–Crippen MR) is 127 cm³/mol. The van der Waals surface area contributed by atoms with Gasteiger partial charge in [-0.05, 0) is 44.0 Å². The molecule has 2 rings (SSSR count). The Hall–Kier alpha value is -1.76. The summed E-state index contributed by atoms with van der Waals surface area (Å²) in [4.78, 5) is 27.5. The van der Waals surface area contributed by atoms with Crippen LogP contribution >= 0.6 is 35.0 Å². The van der Waals surface area contributed by atoms with E-state index in [0.29, 0.717) is 33.3 Å². The molecule has 2 aromatic carbocycles. The van der Waals surface area contributed by atoms with Crippen LogP contribution in [-0.4, -0.2) is 34.6 Å². The number of amides is 2. The second kappa shape index (κ2) is 12.3. The smallest absolute Gasteiger partial charge is 0.243 e. The van der Waals surface area contributed by atoms with Gasteiger partial charge in [0, 0.05) is 33.9 Å². The van der Waals surface area contributed by atoms with E-state index in [2.05, 4.69) is 5.32 Å². The molecule has 0 heterocycles. The van der Waals surface area contributed by atoms with E-state index in [1.54, 1.807) is 36.4 Å². The molecule has 0 saturated carbocycles. The van der Waals surface area contributed by atoms with Crippen LogP contribution in [0.15, 0.2) is 42.5 Å². The molecule has 0 aliphatic carbocycles. The highest BCUT2D eigenvalue weighted by molar-refractivity contribution is 7.99. The Labute approximate surface area is 197 Å². The van der Waals surface area contributed by atoms with Crippen LogP contribution in [0, 0.1) is 5.82 Å².